The molecule has 1 N–H and O–H groups in total. The summed E-state index contributed by atoms with van der Waals surface area (Å²) >= 11 is 0. The minimum atomic E-state index is -0.568. The molecule has 2 fully saturated rings. The maximum Gasteiger partial charge on any atom is 0.228 e. The van der Waals surface area contributed by atoms with Crippen molar-refractivity contribution in [2.24, 2.45) is 5.92 Å². The van der Waals surface area contributed by atoms with Crippen molar-refractivity contribution >= 4 is 11.6 Å². The molecule has 24 heavy (non-hydrogen) atoms. The highest BCUT2D eigenvalue weighted by molar-refractivity contribution is 5.81. The van der Waals surface area contributed by atoms with E-state index in [2.05, 4.69) is 6.92 Å². The Labute approximate surface area is 144 Å². The molecule has 0 radical (unpaired) electrons. The summed E-state index contributed by atoms with van der Waals surface area (Å²) in [7, 11) is 4.01. The first-order valence-electron chi connectivity index (χ1n) is 8.82. The molecule has 3 rings (SSSR count). The van der Waals surface area contributed by atoms with Crippen LogP contribution in [0.4, 0.5) is 5.69 Å². The normalized spacial score (nSPS) is 32.8. The summed E-state index contributed by atoms with van der Waals surface area (Å²) in [4.78, 5) is 16.7. The van der Waals surface area contributed by atoms with Gasteiger partial charge in [0, 0.05) is 25.7 Å². The van der Waals surface area contributed by atoms with Crippen molar-refractivity contribution in [1.29, 1.82) is 0 Å². The molecule has 2 saturated heterocycles. The third-order valence-electron chi connectivity index (χ3n) is 5.57. The number of anilines is 1. The molecule has 5 heteroatoms. The number of benzene rings is 1. The topological polar surface area (TPSA) is 53.0 Å². The van der Waals surface area contributed by atoms with Crippen LogP contribution < -0.4 is 4.90 Å². The van der Waals surface area contributed by atoms with E-state index in [1.54, 1.807) is 0 Å². The Morgan fingerprint density at radius 1 is 1.33 bits per heavy atom. The number of carbonyl (C=O) groups is 1. The molecule has 2 aliphatic heterocycles. The van der Waals surface area contributed by atoms with E-state index < -0.39 is 5.72 Å². The van der Waals surface area contributed by atoms with Crippen LogP contribution in [0.5, 0.6) is 0 Å². The molecular weight excluding hydrogens is 304 g/mol. The molecule has 5 nitrogen and oxygen atoms in total. The standard InChI is InChI=1S/C19H28N2O3/c1-5-19-11-10-13(2)18(23)21(19)16(12-22)17(24-19)14-6-8-15(9-7-14)20(3)4/h6-9,13,16-17,22H,5,10-12H2,1-4H3/t13-,16-,17-,19+/m0/s1. The second kappa shape index (κ2) is 6.37. The lowest BCUT2D eigenvalue weighted by Crippen LogP contribution is -2.57. The fourth-order valence-electron chi connectivity index (χ4n) is 4.02. The van der Waals surface area contributed by atoms with Gasteiger partial charge in [0.15, 0.2) is 0 Å². The van der Waals surface area contributed by atoms with Gasteiger partial charge < -0.3 is 19.6 Å². The van der Waals surface area contributed by atoms with Gasteiger partial charge in [0.1, 0.15) is 11.8 Å². The van der Waals surface area contributed by atoms with Crippen LogP contribution in [0.15, 0.2) is 24.3 Å². The molecule has 0 bridgehead atoms. The summed E-state index contributed by atoms with van der Waals surface area (Å²) in [5.41, 5.74) is 1.56. The average Bonchev–Trinajstić information content (AvgIpc) is 2.94. The van der Waals surface area contributed by atoms with Gasteiger partial charge in [-0.15, -0.1) is 0 Å². The van der Waals surface area contributed by atoms with E-state index in [1.165, 1.54) is 0 Å². The summed E-state index contributed by atoms with van der Waals surface area (Å²) in [6.07, 6.45) is 2.14. The van der Waals surface area contributed by atoms with Crippen LogP contribution in [0.3, 0.4) is 0 Å². The number of nitrogens with zero attached hydrogens (tertiary/aromatic N) is 2. The molecule has 1 amide bonds. The average molecular weight is 332 g/mol. The second-order valence-electron chi connectivity index (χ2n) is 7.22. The Bertz CT molecular complexity index is 601. The molecule has 132 valence electrons. The maximum absolute atomic E-state index is 12.8. The Kier molecular flexibility index (Phi) is 4.58. The fraction of sp³-hybridized carbons (Fsp3) is 0.632. The molecule has 4 atom stereocenters. The molecule has 0 spiro atoms. The Morgan fingerprint density at radius 3 is 2.54 bits per heavy atom. The molecule has 2 heterocycles. The van der Waals surface area contributed by atoms with E-state index in [0.29, 0.717) is 0 Å². The van der Waals surface area contributed by atoms with Crippen LogP contribution in [-0.2, 0) is 9.53 Å². The van der Waals surface area contributed by atoms with Crippen LogP contribution in [0, 0.1) is 5.92 Å². The third kappa shape index (κ3) is 2.60. The smallest absolute Gasteiger partial charge is 0.228 e. The number of ether oxygens (including phenoxy) is 1. The number of aliphatic hydroxyl groups excluding tert-OH is 1. The Hall–Kier alpha value is -1.59. The number of aliphatic hydroxyl groups is 1. The van der Waals surface area contributed by atoms with Crippen LogP contribution in [-0.4, -0.2) is 48.4 Å². The van der Waals surface area contributed by atoms with Gasteiger partial charge in [-0.1, -0.05) is 26.0 Å². The van der Waals surface area contributed by atoms with E-state index in [9.17, 15) is 9.90 Å². The predicted molar refractivity (Wildman–Crippen MR) is 93.7 cm³/mol. The summed E-state index contributed by atoms with van der Waals surface area (Å²) in [6.45, 7) is 3.94. The van der Waals surface area contributed by atoms with Crippen molar-refractivity contribution in [3.8, 4) is 0 Å². The molecule has 0 aliphatic carbocycles. The number of piperidine rings is 1. The zero-order valence-corrected chi connectivity index (χ0v) is 15.0. The van der Waals surface area contributed by atoms with E-state index in [4.69, 9.17) is 4.74 Å². The lowest BCUT2D eigenvalue weighted by atomic mass is 9.88. The largest absolute Gasteiger partial charge is 0.394 e. The number of fused-ring (bicyclic) bond motifs is 1. The van der Waals surface area contributed by atoms with E-state index in [1.807, 2.05) is 55.1 Å². The van der Waals surface area contributed by atoms with Crippen molar-refractivity contribution in [3.63, 3.8) is 0 Å². The van der Waals surface area contributed by atoms with Gasteiger partial charge in [0.25, 0.3) is 0 Å². The highest BCUT2D eigenvalue weighted by Crippen LogP contribution is 2.49. The number of hydrogen-bond donors (Lipinski definition) is 1. The Morgan fingerprint density at radius 2 is 2.00 bits per heavy atom. The molecule has 0 unspecified atom stereocenters. The van der Waals surface area contributed by atoms with Gasteiger partial charge in [0.05, 0.1) is 12.6 Å². The molecule has 0 aromatic heterocycles. The van der Waals surface area contributed by atoms with Crippen molar-refractivity contribution < 1.29 is 14.6 Å². The number of hydrogen-bond acceptors (Lipinski definition) is 4. The predicted octanol–water partition coefficient (Wildman–Crippen LogP) is 2.55. The van der Waals surface area contributed by atoms with Crippen molar-refractivity contribution in [2.75, 3.05) is 25.6 Å². The van der Waals surface area contributed by atoms with Crippen molar-refractivity contribution in [2.45, 2.75) is 51.0 Å². The van der Waals surface area contributed by atoms with Crippen LogP contribution >= 0.6 is 0 Å². The molecule has 1 aromatic carbocycles. The third-order valence-corrected chi connectivity index (χ3v) is 5.57. The van der Waals surface area contributed by atoms with E-state index in [-0.39, 0.29) is 30.6 Å². The zero-order chi connectivity index (χ0) is 17.5. The first-order chi connectivity index (χ1) is 11.4. The first kappa shape index (κ1) is 17.2. The molecule has 2 aliphatic rings. The van der Waals surface area contributed by atoms with Crippen LogP contribution in [0.2, 0.25) is 0 Å². The van der Waals surface area contributed by atoms with Crippen LogP contribution in [0.25, 0.3) is 0 Å². The van der Waals surface area contributed by atoms with E-state index >= 15 is 0 Å². The molecule has 0 saturated carbocycles. The fourth-order valence-corrected chi connectivity index (χ4v) is 4.02. The van der Waals surface area contributed by atoms with Crippen molar-refractivity contribution in [1.82, 2.24) is 4.90 Å². The van der Waals surface area contributed by atoms with Gasteiger partial charge in [0.2, 0.25) is 5.91 Å². The Balaban J connectivity index is 1.96. The van der Waals surface area contributed by atoms with E-state index in [0.717, 1.165) is 30.5 Å². The van der Waals surface area contributed by atoms with Crippen LogP contribution in [0.1, 0.15) is 44.8 Å². The van der Waals surface area contributed by atoms with Gasteiger partial charge in [-0.25, -0.2) is 0 Å². The monoisotopic (exact) mass is 332 g/mol. The summed E-state index contributed by atoms with van der Waals surface area (Å²) < 4.78 is 6.44. The second-order valence-corrected chi connectivity index (χ2v) is 7.22. The molecule has 1 aromatic rings. The summed E-state index contributed by atoms with van der Waals surface area (Å²) in [5.74, 6) is 0.103. The highest BCUT2D eigenvalue weighted by Gasteiger charge is 2.56. The minimum absolute atomic E-state index is 0.00260. The van der Waals surface area contributed by atoms with Gasteiger partial charge in [-0.2, -0.15) is 0 Å². The molecular formula is C19H28N2O3. The van der Waals surface area contributed by atoms with Gasteiger partial charge in [-0.05, 0) is 37.0 Å². The lowest BCUT2D eigenvalue weighted by Gasteiger charge is -2.44. The number of carbonyl (C=O) groups excluding carboxylic acids is 1. The quantitative estimate of drug-likeness (QED) is 0.921. The lowest BCUT2D eigenvalue weighted by molar-refractivity contribution is -0.171. The maximum atomic E-state index is 12.8. The summed E-state index contributed by atoms with van der Waals surface area (Å²) in [5, 5.41) is 10.0. The number of amides is 1. The van der Waals surface area contributed by atoms with Gasteiger partial charge in [-0.3, -0.25) is 4.79 Å². The minimum Gasteiger partial charge on any atom is -0.394 e. The highest BCUT2D eigenvalue weighted by atomic mass is 16.5. The van der Waals surface area contributed by atoms with Crippen molar-refractivity contribution in [3.05, 3.63) is 29.8 Å². The summed E-state index contributed by atoms with van der Waals surface area (Å²) in [6, 6.07) is 7.86. The number of rotatable bonds is 4. The first-order valence-corrected chi connectivity index (χ1v) is 8.82. The zero-order valence-electron chi connectivity index (χ0n) is 15.0. The van der Waals surface area contributed by atoms with Gasteiger partial charge >= 0.3 is 0 Å². The SMILES string of the molecule is CC[C@@]12CC[C@H](C)C(=O)N1[C@@H](CO)[C@H](c1ccc(N(C)C)cc1)O2.